The Kier molecular flexibility index (Phi) is 5.01. The van der Waals surface area contributed by atoms with Crippen molar-refractivity contribution < 1.29 is 9.53 Å². The van der Waals surface area contributed by atoms with Gasteiger partial charge in [-0.05, 0) is 36.5 Å². The van der Waals surface area contributed by atoms with Crippen LogP contribution in [-0.4, -0.2) is 12.5 Å². The van der Waals surface area contributed by atoms with Gasteiger partial charge < -0.3 is 10.5 Å². The van der Waals surface area contributed by atoms with Crippen LogP contribution in [0.3, 0.4) is 0 Å². The summed E-state index contributed by atoms with van der Waals surface area (Å²) in [7, 11) is 0. The number of hydrogen-bond acceptors (Lipinski definition) is 2. The first-order valence-electron chi connectivity index (χ1n) is 6.16. The van der Waals surface area contributed by atoms with Crippen molar-refractivity contribution in [2.24, 2.45) is 5.73 Å². The second-order valence-corrected chi connectivity index (χ2v) is 4.28. The zero-order chi connectivity index (χ0) is 12.8. The van der Waals surface area contributed by atoms with E-state index in [4.69, 9.17) is 10.5 Å². The van der Waals surface area contributed by atoms with E-state index in [0.717, 1.165) is 18.4 Å². The maximum atomic E-state index is 11.4. The minimum Gasteiger partial charge on any atom is -0.493 e. The molecule has 0 aromatic heterocycles. The fourth-order valence-electron chi connectivity index (χ4n) is 1.62. The molecule has 0 saturated heterocycles. The van der Waals surface area contributed by atoms with E-state index in [1.165, 1.54) is 0 Å². The van der Waals surface area contributed by atoms with E-state index in [9.17, 15) is 4.79 Å². The molecule has 94 valence electrons. The first kappa shape index (κ1) is 13.6. The third-order valence-electron chi connectivity index (χ3n) is 2.91. The van der Waals surface area contributed by atoms with Gasteiger partial charge in [0.05, 0.1) is 12.2 Å². The normalized spacial score (nSPS) is 12.2. The van der Waals surface area contributed by atoms with E-state index >= 15 is 0 Å². The Bertz CT molecular complexity index is 388. The molecule has 1 unspecified atom stereocenters. The first-order valence-corrected chi connectivity index (χ1v) is 6.16. The van der Waals surface area contributed by atoms with Crippen molar-refractivity contribution in [1.29, 1.82) is 0 Å². The zero-order valence-corrected chi connectivity index (χ0v) is 10.8. The van der Waals surface area contributed by atoms with Crippen LogP contribution >= 0.6 is 0 Å². The summed E-state index contributed by atoms with van der Waals surface area (Å²) in [6.07, 6.45) is 1.94. The molecule has 0 bridgehead atoms. The van der Waals surface area contributed by atoms with Crippen LogP contribution in [0.2, 0.25) is 0 Å². The van der Waals surface area contributed by atoms with Crippen LogP contribution in [0.5, 0.6) is 5.75 Å². The van der Waals surface area contributed by atoms with Crippen molar-refractivity contribution in [3.05, 3.63) is 29.3 Å². The second-order valence-electron chi connectivity index (χ2n) is 4.28. The van der Waals surface area contributed by atoms with Crippen LogP contribution in [0, 0.1) is 0 Å². The number of carbonyl (C=O) groups is 1. The summed E-state index contributed by atoms with van der Waals surface area (Å²) in [5, 5.41) is 0. The Morgan fingerprint density at radius 3 is 2.65 bits per heavy atom. The van der Waals surface area contributed by atoms with Gasteiger partial charge in [0.1, 0.15) is 5.75 Å². The molecular formula is C14H21NO2. The van der Waals surface area contributed by atoms with Crippen molar-refractivity contribution in [1.82, 2.24) is 0 Å². The highest BCUT2D eigenvalue weighted by Crippen LogP contribution is 2.25. The first-order chi connectivity index (χ1) is 8.10. The minimum absolute atomic E-state index is 0.424. The summed E-state index contributed by atoms with van der Waals surface area (Å²) >= 11 is 0. The average molecular weight is 235 g/mol. The lowest BCUT2D eigenvalue weighted by molar-refractivity contribution is 0.0996. The van der Waals surface area contributed by atoms with E-state index in [0.29, 0.717) is 23.8 Å². The van der Waals surface area contributed by atoms with Gasteiger partial charge in [-0.25, -0.2) is 0 Å². The molecule has 3 nitrogen and oxygen atoms in total. The molecule has 3 heteroatoms. The number of benzene rings is 1. The average Bonchev–Trinajstić information content (AvgIpc) is 2.35. The Labute approximate surface area is 103 Å². The lowest BCUT2D eigenvalue weighted by Crippen LogP contribution is -2.14. The number of carbonyl (C=O) groups excluding carboxylic acids is 1. The molecule has 1 aromatic rings. The predicted octanol–water partition coefficient (Wildman–Crippen LogP) is 3.09. The van der Waals surface area contributed by atoms with Crippen molar-refractivity contribution in [2.45, 2.75) is 39.5 Å². The lowest BCUT2D eigenvalue weighted by Gasteiger charge is -2.13. The van der Waals surface area contributed by atoms with Crippen molar-refractivity contribution in [3.8, 4) is 5.75 Å². The molecule has 1 atom stereocenters. The van der Waals surface area contributed by atoms with E-state index in [1.54, 1.807) is 0 Å². The van der Waals surface area contributed by atoms with Crippen LogP contribution in [0.15, 0.2) is 18.2 Å². The van der Waals surface area contributed by atoms with E-state index < -0.39 is 5.91 Å². The number of ether oxygens (including phenoxy) is 1. The molecule has 0 radical (unpaired) electrons. The van der Waals surface area contributed by atoms with Crippen LogP contribution in [-0.2, 0) is 0 Å². The van der Waals surface area contributed by atoms with Gasteiger partial charge in [-0.1, -0.05) is 26.8 Å². The summed E-state index contributed by atoms with van der Waals surface area (Å²) in [5.74, 6) is 0.584. The third-order valence-corrected chi connectivity index (χ3v) is 2.91. The fraction of sp³-hybridized carbons (Fsp3) is 0.500. The van der Waals surface area contributed by atoms with Crippen molar-refractivity contribution >= 4 is 5.91 Å². The third kappa shape index (κ3) is 3.48. The topological polar surface area (TPSA) is 52.3 Å². The quantitative estimate of drug-likeness (QED) is 0.823. The van der Waals surface area contributed by atoms with Gasteiger partial charge in [-0.3, -0.25) is 4.79 Å². The van der Waals surface area contributed by atoms with Crippen molar-refractivity contribution in [3.63, 3.8) is 0 Å². The standard InChI is InChI=1S/C14H21NO2/c1-4-8-17-13-7-6-11(10(3)5-2)9-12(13)14(15)16/h6-7,9-10H,4-5,8H2,1-3H3,(H2,15,16). The zero-order valence-electron chi connectivity index (χ0n) is 10.8. The Balaban J connectivity index is 3.03. The molecule has 0 spiro atoms. The number of rotatable bonds is 6. The molecule has 0 aliphatic heterocycles. The highest BCUT2D eigenvalue weighted by Gasteiger charge is 2.12. The van der Waals surface area contributed by atoms with Gasteiger partial charge in [0, 0.05) is 0 Å². The highest BCUT2D eigenvalue weighted by atomic mass is 16.5. The molecule has 0 saturated carbocycles. The minimum atomic E-state index is -0.429. The second kappa shape index (κ2) is 6.28. The SMILES string of the molecule is CCCOc1ccc(C(C)CC)cc1C(N)=O. The van der Waals surface area contributed by atoms with Crippen LogP contribution in [0.25, 0.3) is 0 Å². The summed E-state index contributed by atoms with van der Waals surface area (Å²) in [4.78, 5) is 11.4. The van der Waals surface area contributed by atoms with Crippen LogP contribution in [0.4, 0.5) is 0 Å². The fourth-order valence-corrected chi connectivity index (χ4v) is 1.62. The number of primary amides is 1. The van der Waals surface area contributed by atoms with E-state index in [1.807, 2.05) is 25.1 Å². The van der Waals surface area contributed by atoms with E-state index in [2.05, 4.69) is 13.8 Å². The van der Waals surface area contributed by atoms with E-state index in [-0.39, 0.29) is 0 Å². The summed E-state index contributed by atoms with van der Waals surface area (Å²) in [6, 6.07) is 5.70. The van der Waals surface area contributed by atoms with Gasteiger partial charge in [0.2, 0.25) is 0 Å². The summed E-state index contributed by atoms with van der Waals surface area (Å²) < 4.78 is 5.52. The van der Waals surface area contributed by atoms with Gasteiger partial charge in [-0.2, -0.15) is 0 Å². The highest BCUT2D eigenvalue weighted by molar-refractivity contribution is 5.95. The van der Waals surface area contributed by atoms with Gasteiger partial charge in [-0.15, -0.1) is 0 Å². The molecule has 17 heavy (non-hydrogen) atoms. The molecule has 1 aromatic carbocycles. The number of hydrogen-bond donors (Lipinski definition) is 1. The monoisotopic (exact) mass is 235 g/mol. The predicted molar refractivity (Wildman–Crippen MR) is 69.5 cm³/mol. The van der Waals surface area contributed by atoms with Crippen LogP contribution in [0.1, 0.15) is 55.5 Å². The molecule has 0 heterocycles. The number of nitrogens with two attached hydrogens (primary N) is 1. The molecule has 0 aliphatic rings. The Morgan fingerprint density at radius 2 is 2.12 bits per heavy atom. The smallest absolute Gasteiger partial charge is 0.252 e. The maximum Gasteiger partial charge on any atom is 0.252 e. The Hall–Kier alpha value is -1.51. The largest absolute Gasteiger partial charge is 0.493 e. The molecular weight excluding hydrogens is 214 g/mol. The Morgan fingerprint density at radius 1 is 1.41 bits per heavy atom. The van der Waals surface area contributed by atoms with Gasteiger partial charge in [0.25, 0.3) is 5.91 Å². The molecule has 1 amide bonds. The number of amides is 1. The summed E-state index contributed by atoms with van der Waals surface area (Å²) in [5.41, 5.74) is 6.99. The van der Waals surface area contributed by atoms with Crippen molar-refractivity contribution in [2.75, 3.05) is 6.61 Å². The lowest BCUT2D eigenvalue weighted by atomic mass is 9.96. The molecule has 1 rings (SSSR count). The summed E-state index contributed by atoms with van der Waals surface area (Å²) in [6.45, 7) is 6.88. The van der Waals surface area contributed by atoms with Crippen LogP contribution < -0.4 is 10.5 Å². The molecule has 0 aliphatic carbocycles. The molecule has 2 N–H and O–H groups in total. The van der Waals surface area contributed by atoms with Gasteiger partial charge in [0.15, 0.2) is 0 Å². The molecule has 0 fully saturated rings. The maximum absolute atomic E-state index is 11.4. The van der Waals surface area contributed by atoms with Gasteiger partial charge >= 0.3 is 0 Å².